The Morgan fingerprint density at radius 2 is 2.43 bits per heavy atom. The molecule has 0 bridgehead atoms. The number of likely N-dealkylation sites (tertiary alicyclic amines) is 1. The summed E-state index contributed by atoms with van der Waals surface area (Å²) in [7, 11) is 0. The first-order chi connectivity index (χ1) is 6.86. The lowest BCUT2D eigenvalue weighted by atomic mass is 10.00. The van der Waals surface area contributed by atoms with Gasteiger partial charge in [0, 0.05) is 26.3 Å². The molecule has 14 heavy (non-hydrogen) atoms. The SMILES string of the molecule is CCOCCCN1CCCC(C#N)C1. The highest BCUT2D eigenvalue weighted by Crippen LogP contribution is 2.15. The summed E-state index contributed by atoms with van der Waals surface area (Å²) in [6.07, 6.45) is 3.34. The zero-order valence-corrected chi connectivity index (χ0v) is 9.04. The number of piperidine rings is 1. The van der Waals surface area contributed by atoms with Gasteiger partial charge in [-0.25, -0.2) is 0 Å². The highest BCUT2D eigenvalue weighted by atomic mass is 16.5. The van der Waals surface area contributed by atoms with Crippen molar-refractivity contribution >= 4 is 0 Å². The van der Waals surface area contributed by atoms with Crippen molar-refractivity contribution in [3.8, 4) is 6.07 Å². The molecule has 3 heteroatoms. The van der Waals surface area contributed by atoms with Crippen LogP contribution in [-0.2, 0) is 4.74 Å². The number of hydrogen-bond donors (Lipinski definition) is 0. The highest BCUT2D eigenvalue weighted by molar-refractivity contribution is 4.88. The van der Waals surface area contributed by atoms with Crippen LogP contribution in [0.5, 0.6) is 0 Å². The molecule has 0 spiro atoms. The van der Waals surface area contributed by atoms with Crippen molar-refractivity contribution in [2.45, 2.75) is 26.2 Å². The first-order valence-corrected chi connectivity index (χ1v) is 5.56. The lowest BCUT2D eigenvalue weighted by Crippen LogP contribution is -2.35. The topological polar surface area (TPSA) is 36.3 Å². The van der Waals surface area contributed by atoms with E-state index in [1.807, 2.05) is 6.92 Å². The Kier molecular flexibility index (Phi) is 5.58. The van der Waals surface area contributed by atoms with Crippen LogP contribution in [0.1, 0.15) is 26.2 Å². The lowest BCUT2D eigenvalue weighted by molar-refractivity contribution is 0.123. The Bertz CT molecular complexity index is 188. The van der Waals surface area contributed by atoms with E-state index >= 15 is 0 Å². The van der Waals surface area contributed by atoms with E-state index in [1.54, 1.807) is 0 Å². The molecule has 1 unspecified atom stereocenters. The summed E-state index contributed by atoms with van der Waals surface area (Å²) in [5, 5.41) is 8.82. The van der Waals surface area contributed by atoms with Crippen molar-refractivity contribution in [2.24, 2.45) is 5.92 Å². The first kappa shape index (κ1) is 11.5. The van der Waals surface area contributed by atoms with Crippen LogP contribution in [0.4, 0.5) is 0 Å². The van der Waals surface area contributed by atoms with Gasteiger partial charge in [-0.3, -0.25) is 0 Å². The molecule has 1 aliphatic rings. The number of ether oxygens (including phenoxy) is 1. The first-order valence-electron chi connectivity index (χ1n) is 5.56. The van der Waals surface area contributed by atoms with E-state index in [4.69, 9.17) is 10.00 Å². The average molecular weight is 196 g/mol. The van der Waals surface area contributed by atoms with Crippen LogP contribution in [0.15, 0.2) is 0 Å². The number of hydrogen-bond acceptors (Lipinski definition) is 3. The van der Waals surface area contributed by atoms with E-state index in [2.05, 4.69) is 11.0 Å². The standard InChI is InChI=1S/C11H20N2O/c1-2-14-8-4-7-13-6-3-5-11(9-12)10-13/h11H,2-8,10H2,1H3. The fourth-order valence-electron chi connectivity index (χ4n) is 1.90. The zero-order valence-electron chi connectivity index (χ0n) is 9.04. The number of nitriles is 1. The van der Waals surface area contributed by atoms with Crippen LogP contribution in [0.25, 0.3) is 0 Å². The van der Waals surface area contributed by atoms with Crippen LogP contribution in [0, 0.1) is 17.2 Å². The Labute approximate surface area is 86.6 Å². The van der Waals surface area contributed by atoms with E-state index in [0.717, 1.165) is 45.7 Å². The molecule has 0 aromatic rings. The monoisotopic (exact) mass is 196 g/mol. The molecule has 1 heterocycles. The number of nitrogens with zero attached hydrogens (tertiary/aromatic N) is 2. The van der Waals surface area contributed by atoms with Gasteiger partial charge in [0.25, 0.3) is 0 Å². The Morgan fingerprint density at radius 3 is 3.14 bits per heavy atom. The minimum absolute atomic E-state index is 0.260. The summed E-state index contributed by atoms with van der Waals surface area (Å²) in [6.45, 7) is 6.88. The third-order valence-corrected chi connectivity index (χ3v) is 2.66. The molecule has 80 valence electrons. The van der Waals surface area contributed by atoms with E-state index in [-0.39, 0.29) is 5.92 Å². The van der Waals surface area contributed by atoms with E-state index in [1.165, 1.54) is 6.42 Å². The molecule has 0 radical (unpaired) electrons. The largest absolute Gasteiger partial charge is 0.382 e. The van der Waals surface area contributed by atoms with E-state index in [9.17, 15) is 0 Å². The third-order valence-electron chi connectivity index (χ3n) is 2.66. The van der Waals surface area contributed by atoms with Gasteiger partial charge in [-0.2, -0.15) is 5.26 Å². The minimum atomic E-state index is 0.260. The molecule has 0 aliphatic carbocycles. The van der Waals surface area contributed by atoms with Crippen molar-refractivity contribution in [3.05, 3.63) is 0 Å². The molecule has 0 amide bonds. The molecule has 1 aliphatic heterocycles. The quantitative estimate of drug-likeness (QED) is 0.627. The van der Waals surface area contributed by atoms with Gasteiger partial charge in [-0.15, -0.1) is 0 Å². The normalized spacial score (nSPS) is 23.3. The second-order valence-corrected chi connectivity index (χ2v) is 3.82. The summed E-state index contributed by atoms with van der Waals surface area (Å²) in [5.41, 5.74) is 0. The summed E-state index contributed by atoms with van der Waals surface area (Å²) < 4.78 is 5.29. The fourth-order valence-corrected chi connectivity index (χ4v) is 1.90. The lowest BCUT2D eigenvalue weighted by Gasteiger charge is -2.29. The van der Waals surface area contributed by atoms with Crippen LogP contribution in [0.3, 0.4) is 0 Å². The maximum Gasteiger partial charge on any atom is 0.0669 e. The van der Waals surface area contributed by atoms with Gasteiger partial charge in [0.1, 0.15) is 0 Å². The predicted octanol–water partition coefficient (Wildman–Crippen LogP) is 1.65. The second-order valence-electron chi connectivity index (χ2n) is 3.82. The van der Waals surface area contributed by atoms with Crippen molar-refractivity contribution in [1.82, 2.24) is 4.90 Å². The molecule has 0 aromatic heterocycles. The molecule has 0 aromatic carbocycles. The molecule has 1 saturated heterocycles. The van der Waals surface area contributed by atoms with Gasteiger partial charge in [0.05, 0.1) is 12.0 Å². The molecule has 1 fully saturated rings. The Morgan fingerprint density at radius 1 is 1.57 bits per heavy atom. The van der Waals surface area contributed by atoms with Crippen LogP contribution < -0.4 is 0 Å². The Balaban J connectivity index is 2.09. The molecule has 0 N–H and O–H groups in total. The molecular weight excluding hydrogens is 176 g/mol. The summed E-state index contributed by atoms with van der Waals surface area (Å²) in [6, 6.07) is 2.36. The summed E-state index contributed by atoms with van der Waals surface area (Å²) in [4.78, 5) is 2.39. The van der Waals surface area contributed by atoms with Crippen molar-refractivity contribution in [3.63, 3.8) is 0 Å². The smallest absolute Gasteiger partial charge is 0.0669 e. The zero-order chi connectivity index (χ0) is 10.2. The summed E-state index contributed by atoms with van der Waals surface area (Å²) in [5.74, 6) is 0.260. The molecular formula is C11H20N2O. The van der Waals surface area contributed by atoms with Gasteiger partial charge in [-0.1, -0.05) is 0 Å². The van der Waals surface area contributed by atoms with Crippen molar-refractivity contribution in [2.75, 3.05) is 32.8 Å². The maximum absolute atomic E-state index is 8.82. The minimum Gasteiger partial charge on any atom is -0.382 e. The van der Waals surface area contributed by atoms with Crippen molar-refractivity contribution < 1.29 is 4.74 Å². The van der Waals surface area contributed by atoms with Gasteiger partial charge in [0.15, 0.2) is 0 Å². The molecule has 3 nitrogen and oxygen atoms in total. The highest BCUT2D eigenvalue weighted by Gasteiger charge is 2.18. The fraction of sp³-hybridized carbons (Fsp3) is 0.909. The summed E-state index contributed by atoms with van der Waals surface area (Å²) >= 11 is 0. The Hall–Kier alpha value is -0.590. The van der Waals surface area contributed by atoms with Gasteiger partial charge >= 0.3 is 0 Å². The van der Waals surface area contributed by atoms with Crippen molar-refractivity contribution in [1.29, 1.82) is 5.26 Å². The van der Waals surface area contributed by atoms with Crippen LogP contribution in [0.2, 0.25) is 0 Å². The second kappa shape index (κ2) is 6.80. The molecule has 1 rings (SSSR count). The number of rotatable bonds is 5. The third kappa shape index (κ3) is 4.08. The van der Waals surface area contributed by atoms with Gasteiger partial charge < -0.3 is 9.64 Å². The van der Waals surface area contributed by atoms with Crippen LogP contribution >= 0.6 is 0 Å². The van der Waals surface area contributed by atoms with E-state index in [0.29, 0.717) is 0 Å². The van der Waals surface area contributed by atoms with E-state index < -0.39 is 0 Å². The molecule has 0 saturated carbocycles. The predicted molar refractivity (Wildman–Crippen MR) is 55.9 cm³/mol. The maximum atomic E-state index is 8.82. The van der Waals surface area contributed by atoms with Crippen LogP contribution in [-0.4, -0.2) is 37.7 Å². The molecule has 1 atom stereocenters. The average Bonchev–Trinajstić information content (AvgIpc) is 2.25. The van der Waals surface area contributed by atoms with Gasteiger partial charge in [-0.05, 0) is 32.7 Å². The van der Waals surface area contributed by atoms with Gasteiger partial charge in [0.2, 0.25) is 0 Å².